The van der Waals surface area contributed by atoms with Crippen molar-refractivity contribution in [3.63, 3.8) is 0 Å². The van der Waals surface area contributed by atoms with Crippen LogP contribution in [-0.2, 0) is 36.7 Å². The Morgan fingerprint density at radius 3 is 2.00 bits per heavy atom. The van der Waals surface area contributed by atoms with E-state index in [0.29, 0.717) is 0 Å². The van der Waals surface area contributed by atoms with Gasteiger partial charge in [0.2, 0.25) is 5.95 Å². The van der Waals surface area contributed by atoms with Crippen LogP contribution in [0.5, 0.6) is 0 Å². The fourth-order valence-corrected chi connectivity index (χ4v) is 6.91. The molecule has 3 saturated heterocycles. The summed E-state index contributed by atoms with van der Waals surface area (Å²) in [4.78, 5) is 34.3. The SMILES string of the molecule is Nc1nc2c(ncn2[C@@H]2O[C@@H]3CO[PH](=O)O[C@H]4[C@@H](F)[C@H](n5cnc6c(N)ncnc65)O[C@@H]4CO[PH](=O)O[C@H]3[C@H]2F)c(=O)[nH]1. The monoisotopic (exact) mass is 646 g/mol. The van der Waals surface area contributed by atoms with Gasteiger partial charge in [-0.15, -0.1) is 0 Å². The molecule has 0 radical (unpaired) electrons. The predicted molar refractivity (Wildman–Crippen MR) is 140 cm³/mol. The average molecular weight is 646 g/mol. The molecule has 23 heteroatoms. The smallest absolute Gasteiger partial charge is 0.319 e. The minimum absolute atomic E-state index is 0.0638. The number of hydrogen-bond donors (Lipinski definition) is 3. The Morgan fingerprint density at radius 2 is 1.40 bits per heavy atom. The molecule has 19 nitrogen and oxygen atoms in total. The first-order chi connectivity index (χ1) is 20.7. The summed E-state index contributed by atoms with van der Waals surface area (Å²) >= 11 is 0. The van der Waals surface area contributed by atoms with Gasteiger partial charge in [0, 0.05) is 0 Å². The van der Waals surface area contributed by atoms with Crippen LogP contribution in [0, 0.1) is 0 Å². The maximum Gasteiger partial charge on any atom is 0.319 e. The summed E-state index contributed by atoms with van der Waals surface area (Å²) in [5.41, 5.74) is 10.9. The second-order valence-electron chi connectivity index (χ2n) is 9.66. The van der Waals surface area contributed by atoms with Gasteiger partial charge in [0.1, 0.15) is 36.3 Å². The Bertz CT molecular complexity index is 1810. The molecule has 0 aromatic carbocycles. The molecule has 0 saturated carbocycles. The number of anilines is 2. The van der Waals surface area contributed by atoms with E-state index in [1.54, 1.807) is 0 Å². The van der Waals surface area contributed by atoms with Gasteiger partial charge in [0.25, 0.3) is 5.56 Å². The topological polar surface area (TPSA) is 249 Å². The molecule has 43 heavy (non-hydrogen) atoms. The van der Waals surface area contributed by atoms with Gasteiger partial charge < -0.3 is 39.0 Å². The summed E-state index contributed by atoms with van der Waals surface area (Å²) in [5, 5.41) is 0. The number of nitrogen functional groups attached to an aromatic ring is 2. The number of alkyl halides is 2. The number of aromatic nitrogens is 8. The van der Waals surface area contributed by atoms with E-state index in [0.717, 1.165) is 10.9 Å². The first-order valence-corrected chi connectivity index (χ1v) is 15.1. The lowest BCUT2D eigenvalue weighted by Crippen LogP contribution is -2.35. The van der Waals surface area contributed by atoms with Gasteiger partial charge in [-0.05, 0) is 0 Å². The third-order valence-corrected chi connectivity index (χ3v) is 8.85. The summed E-state index contributed by atoms with van der Waals surface area (Å²) in [6.07, 6.45) is -8.89. The number of nitrogens with two attached hydrogens (primary N) is 2. The molecular weight excluding hydrogens is 624 g/mol. The molecule has 2 unspecified atom stereocenters. The van der Waals surface area contributed by atoms with E-state index in [4.69, 9.17) is 39.0 Å². The zero-order valence-electron chi connectivity index (χ0n) is 21.5. The van der Waals surface area contributed by atoms with E-state index >= 15 is 8.78 Å². The minimum atomic E-state index is -3.45. The molecule has 7 rings (SSSR count). The number of H-pyrrole nitrogens is 1. The number of aromatic amines is 1. The molecular formula is C20H22F2N10O9P2. The molecule has 5 N–H and O–H groups in total. The first kappa shape index (κ1) is 28.4. The Labute approximate surface area is 238 Å². The highest BCUT2D eigenvalue weighted by Crippen LogP contribution is 2.45. The average Bonchev–Trinajstić information content (AvgIpc) is 3.72. The van der Waals surface area contributed by atoms with Gasteiger partial charge >= 0.3 is 16.5 Å². The zero-order valence-corrected chi connectivity index (χ0v) is 23.5. The number of fused-ring (bicyclic) bond motifs is 4. The second kappa shape index (κ2) is 10.9. The molecule has 0 spiro atoms. The molecule has 0 bridgehead atoms. The molecule has 7 heterocycles. The molecule has 0 amide bonds. The molecule has 230 valence electrons. The highest BCUT2D eigenvalue weighted by molar-refractivity contribution is 7.33. The normalized spacial score (nSPS) is 35.4. The standard InChI is InChI=1S/C20H22F2N10O9P2/c21-8-12-6(38-18(8)31-4-27-10-14(23)25-3-26-15(10)31)1-36-43(35)41-13-7(2-37-42(34)40-12)39-19(9(13)22)32-5-28-11-16(32)29-20(24)30-17(11)33/h3-9,12-13,18-19,42-43H,1-2H2,(H2,23,25,26)(H3,24,29,30,33)/t6-,7-,8-,9-,12-,13-,18-,19-/m1/s1. The van der Waals surface area contributed by atoms with E-state index in [2.05, 4.69) is 29.9 Å². The van der Waals surface area contributed by atoms with Gasteiger partial charge in [-0.25, -0.2) is 28.7 Å². The van der Waals surface area contributed by atoms with Crippen LogP contribution < -0.4 is 17.0 Å². The minimum Gasteiger partial charge on any atom is -0.382 e. The highest BCUT2D eigenvalue weighted by Gasteiger charge is 2.51. The fourth-order valence-electron chi connectivity index (χ4n) is 5.16. The van der Waals surface area contributed by atoms with E-state index < -0.39 is 84.5 Å². The van der Waals surface area contributed by atoms with Crippen LogP contribution in [0.3, 0.4) is 0 Å². The van der Waals surface area contributed by atoms with Crippen molar-refractivity contribution in [2.24, 2.45) is 0 Å². The lowest BCUT2D eigenvalue weighted by molar-refractivity contribution is -0.0533. The van der Waals surface area contributed by atoms with Crippen LogP contribution in [0.2, 0.25) is 0 Å². The van der Waals surface area contributed by atoms with Gasteiger partial charge in [-0.2, -0.15) is 4.98 Å². The number of halogens is 2. The van der Waals surface area contributed by atoms with Crippen molar-refractivity contribution in [3.05, 3.63) is 29.3 Å². The predicted octanol–water partition coefficient (Wildman–Crippen LogP) is 0.191. The Hall–Kier alpha value is -3.42. The molecule has 4 aromatic rings. The van der Waals surface area contributed by atoms with Crippen molar-refractivity contribution >= 4 is 50.6 Å². The summed E-state index contributed by atoms with van der Waals surface area (Å²) in [6.45, 7) is -1.12. The molecule has 3 aliphatic rings. The van der Waals surface area contributed by atoms with Gasteiger partial charge in [-0.3, -0.25) is 28.0 Å². The van der Waals surface area contributed by atoms with Crippen molar-refractivity contribution in [1.82, 2.24) is 39.0 Å². The van der Waals surface area contributed by atoms with Crippen LogP contribution in [0.15, 0.2) is 23.8 Å². The lowest BCUT2D eigenvalue weighted by Gasteiger charge is -2.23. The van der Waals surface area contributed by atoms with E-state index in [9.17, 15) is 13.9 Å². The van der Waals surface area contributed by atoms with E-state index in [1.807, 2.05) is 0 Å². The number of imidazole rings is 2. The van der Waals surface area contributed by atoms with E-state index in [1.165, 1.54) is 17.2 Å². The first-order valence-electron chi connectivity index (χ1n) is 12.6. The third kappa shape index (κ3) is 4.91. The summed E-state index contributed by atoms with van der Waals surface area (Å²) in [6, 6.07) is 0. The van der Waals surface area contributed by atoms with Crippen molar-refractivity contribution < 1.29 is 45.5 Å². The number of hydrogen-bond acceptors (Lipinski definition) is 16. The molecule has 4 aromatic heterocycles. The highest BCUT2D eigenvalue weighted by atomic mass is 31.1. The Balaban J connectivity index is 1.12. The Kier molecular flexibility index (Phi) is 7.21. The largest absolute Gasteiger partial charge is 0.382 e. The van der Waals surface area contributed by atoms with Crippen molar-refractivity contribution in [3.8, 4) is 0 Å². The van der Waals surface area contributed by atoms with Crippen LogP contribution in [0.4, 0.5) is 20.5 Å². The molecule has 0 aliphatic carbocycles. The van der Waals surface area contributed by atoms with Crippen molar-refractivity contribution in [2.75, 3.05) is 24.7 Å². The fraction of sp³-hybridized carbons (Fsp3) is 0.500. The number of nitrogens with zero attached hydrogens (tertiary/aromatic N) is 7. The Morgan fingerprint density at radius 1 is 0.837 bits per heavy atom. The van der Waals surface area contributed by atoms with Crippen LogP contribution in [0.1, 0.15) is 12.5 Å². The van der Waals surface area contributed by atoms with E-state index in [-0.39, 0.29) is 34.1 Å². The summed E-state index contributed by atoms with van der Waals surface area (Å²) < 4.78 is 92.5. The van der Waals surface area contributed by atoms with Gasteiger partial charge in [0.15, 0.2) is 47.4 Å². The zero-order chi connectivity index (χ0) is 30.0. The van der Waals surface area contributed by atoms with Crippen molar-refractivity contribution in [1.29, 1.82) is 0 Å². The summed E-state index contributed by atoms with van der Waals surface area (Å²) in [7, 11) is -6.90. The maximum atomic E-state index is 15.8. The number of ether oxygens (including phenoxy) is 2. The third-order valence-electron chi connectivity index (χ3n) is 7.12. The van der Waals surface area contributed by atoms with Gasteiger partial charge in [-0.1, -0.05) is 0 Å². The van der Waals surface area contributed by atoms with Crippen LogP contribution in [0.25, 0.3) is 22.3 Å². The molecule has 3 aliphatic heterocycles. The van der Waals surface area contributed by atoms with Crippen molar-refractivity contribution in [2.45, 2.75) is 49.2 Å². The van der Waals surface area contributed by atoms with Crippen LogP contribution in [-0.4, -0.2) is 89.0 Å². The number of rotatable bonds is 2. The van der Waals surface area contributed by atoms with Crippen LogP contribution >= 0.6 is 16.5 Å². The molecule has 3 fully saturated rings. The quantitative estimate of drug-likeness (QED) is 0.246. The maximum absolute atomic E-state index is 15.8. The second-order valence-corrected chi connectivity index (χ2v) is 11.7. The van der Waals surface area contributed by atoms with Gasteiger partial charge in [0.05, 0.1) is 25.9 Å². The lowest BCUT2D eigenvalue weighted by atomic mass is 10.1. The molecule has 10 atom stereocenters. The number of nitrogens with one attached hydrogen (secondary N) is 1. The summed E-state index contributed by atoms with van der Waals surface area (Å²) in [5.74, 6) is -0.179.